The molecule has 98 valence electrons. The lowest BCUT2D eigenvalue weighted by atomic mass is 9.82. The van der Waals surface area contributed by atoms with Crippen molar-refractivity contribution in [2.24, 2.45) is 5.92 Å². The van der Waals surface area contributed by atoms with Crippen LogP contribution in [-0.4, -0.2) is 21.8 Å². The van der Waals surface area contributed by atoms with Gasteiger partial charge in [-0.05, 0) is 18.4 Å². The molecule has 0 heterocycles. The Morgan fingerprint density at radius 3 is 2.39 bits per heavy atom. The van der Waals surface area contributed by atoms with Crippen LogP contribution in [0.15, 0.2) is 36.4 Å². The van der Waals surface area contributed by atoms with Gasteiger partial charge < -0.3 is 10.2 Å². The summed E-state index contributed by atoms with van der Waals surface area (Å²) in [4.78, 5) is 11.2. The molecule has 1 rings (SSSR count). The fourth-order valence-corrected chi connectivity index (χ4v) is 2.03. The van der Waals surface area contributed by atoms with Crippen LogP contribution in [0.1, 0.15) is 32.3 Å². The third kappa shape index (κ3) is 3.44. The number of hydrogen-bond donors (Lipinski definition) is 2. The molecule has 18 heavy (non-hydrogen) atoms. The van der Waals surface area contributed by atoms with Gasteiger partial charge in [0.15, 0.2) is 0 Å². The van der Waals surface area contributed by atoms with Crippen LogP contribution in [0.5, 0.6) is 0 Å². The molecule has 1 aromatic carbocycles. The van der Waals surface area contributed by atoms with Crippen molar-refractivity contribution in [2.75, 3.05) is 0 Å². The molecule has 2 N–H and O–H groups in total. The number of aliphatic hydroxyl groups is 1. The second kappa shape index (κ2) is 6.36. The summed E-state index contributed by atoms with van der Waals surface area (Å²) >= 11 is 0. The van der Waals surface area contributed by atoms with E-state index in [1.807, 2.05) is 30.3 Å². The van der Waals surface area contributed by atoms with Crippen LogP contribution < -0.4 is 0 Å². The van der Waals surface area contributed by atoms with Crippen molar-refractivity contribution in [3.8, 4) is 0 Å². The van der Waals surface area contributed by atoms with Gasteiger partial charge in [0.2, 0.25) is 0 Å². The topological polar surface area (TPSA) is 57.5 Å². The molecule has 0 saturated heterocycles. The van der Waals surface area contributed by atoms with Crippen molar-refractivity contribution >= 4 is 12.0 Å². The fraction of sp³-hybridized carbons (Fsp3) is 0.400. The van der Waals surface area contributed by atoms with Gasteiger partial charge in [-0.15, -0.1) is 0 Å². The molecule has 1 aromatic rings. The average molecular weight is 248 g/mol. The molecule has 3 heteroatoms. The third-order valence-corrected chi connectivity index (χ3v) is 3.24. The lowest BCUT2D eigenvalue weighted by molar-refractivity contribution is -0.149. The maximum absolute atomic E-state index is 11.2. The standard InChI is InChI=1S/C15H20O3/c1-3-13(14(16)17)15(18,4-2)11-10-12-8-6-5-7-9-12/h5-11,13,18H,3-4H2,1-2H3,(H,16,17)/b11-10+. The van der Waals surface area contributed by atoms with Gasteiger partial charge in [-0.25, -0.2) is 0 Å². The van der Waals surface area contributed by atoms with Gasteiger partial charge in [-0.1, -0.05) is 56.3 Å². The number of benzene rings is 1. The summed E-state index contributed by atoms with van der Waals surface area (Å²) in [5.41, 5.74) is -0.346. The largest absolute Gasteiger partial charge is 0.481 e. The normalized spacial score (nSPS) is 16.4. The summed E-state index contributed by atoms with van der Waals surface area (Å²) in [5.74, 6) is -1.73. The van der Waals surface area contributed by atoms with E-state index in [0.717, 1.165) is 5.56 Å². The molecule has 0 bridgehead atoms. The number of carbonyl (C=O) groups is 1. The highest BCUT2D eigenvalue weighted by Gasteiger charge is 2.36. The molecule has 0 aromatic heterocycles. The molecule has 0 aliphatic heterocycles. The van der Waals surface area contributed by atoms with Gasteiger partial charge in [-0.3, -0.25) is 4.79 Å². The monoisotopic (exact) mass is 248 g/mol. The molecular weight excluding hydrogens is 228 g/mol. The van der Waals surface area contributed by atoms with Gasteiger partial charge in [0.1, 0.15) is 0 Å². The summed E-state index contributed by atoms with van der Waals surface area (Å²) in [6, 6.07) is 9.54. The SMILES string of the molecule is CCC(C(=O)O)C(O)(/C=C/c1ccccc1)CC. The molecule has 3 nitrogen and oxygen atoms in total. The van der Waals surface area contributed by atoms with E-state index in [-0.39, 0.29) is 0 Å². The summed E-state index contributed by atoms with van der Waals surface area (Å²) in [6.45, 7) is 3.57. The Labute approximate surface area is 108 Å². The van der Waals surface area contributed by atoms with Gasteiger partial charge in [-0.2, -0.15) is 0 Å². The highest BCUT2D eigenvalue weighted by molar-refractivity contribution is 5.72. The summed E-state index contributed by atoms with van der Waals surface area (Å²) < 4.78 is 0. The van der Waals surface area contributed by atoms with E-state index in [4.69, 9.17) is 5.11 Å². The zero-order valence-corrected chi connectivity index (χ0v) is 10.8. The van der Waals surface area contributed by atoms with Crippen LogP contribution in [0.3, 0.4) is 0 Å². The molecular formula is C15H20O3. The van der Waals surface area contributed by atoms with Gasteiger partial charge in [0.25, 0.3) is 0 Å². The quantitative estimate of drug-likeness (QED) is 0.813. The minimum absolute atomic E-state index is 0.376. The first-order valence-electron chi connectivity index (χ1n) is 6.23. The zero-order chi connectivity index (χ0) is 13.6. The van der Waals surface area contributed by atoms with E-state index < -0.39 is 17.5 Å². The molecule has 0 spiro atoms. The first-order valence-corrected chi connectivity index (χ1v) is 6.23. The Kier molecular flexibility index (Phi) is 5.10. The number of hydrogen-bond acceptors (Lipinski definition) is 2. The van der Waals surface area contributed by atoms with Crippen LogP contribution in [0.2, 0.25) is 0 Å². The van der Waals surface area contributed by atoms with Gasteiger partial charge >= 0.3 is 5.97 Å². The Hall–Kier alpha value is -1.61. The molecule has 0 saturated carbocycles. The summed E-state index contributed by atoms with van der Waals surface area (Å²) in [6.07, 6.45) is 4.15. The molecule has 0 amide bonds. The second-order valence-corrected chi connectivity index (χ2v) is 4.39. The lowest BCUT2D eigenvalue weighted by Gasteiger charge is -2.29. The Morgan fingerprint density at radius 2 is 1.94 bits per heavy atom. The van der Waals surface area contributed by atoms with Crippen LogP contribution in [0, 0.1) is 5.92 Å². The maximum atomic E-state index is 11.2. The Morgan fingerprint density at radius 1 is 1.33 bits per heavy atom. The van der Waals surface area contributed by atoms with Crippen molar-refractivity contribution in [3.63, 3.8) is 0 Å². The Balaban J connectivity index is 2.95. The maximum Gasteiger partial charge on any atom is 0.309 e. The van der Waals surface area contributed by atoms with E-state index >= 15 is 0 Å². The van der Waals surface area contributed by atoms with E-state index in [2.05, 4.69) is 0 Å². The number of carboxylic acids is 1. The highest BCUT2D eigenvalue weighted by Crippen LogP contribution is 2.27. The predicted octanol–water partition coefficient (Wildman–Crippen LogP) is 2.95. The zero-order valence-electron chi connectivity index (χ0n) is 10.8. The first-order chi connectivity index (χ1) is 8.53. The summed E-state index contributed by atoms with van der Waals surface area (Å²) in [5, 5.41) is 19.6. The fourth-order valence-electron chi connectivity index (χ4n) is 2.03. The molecule has 0 fully saturated rings. The molecule has 0 aliphatic rings. The van der Waals surface area contributed by atoms with Crippen molar-refractivity contribution in [2.45, 2.75) is 32.3 Å². The van der Waals surface area contributed by atoms with Crippen LogP contribution in [0.25, 0.3) is 6.08 Å². The minimum Gasteiger partial charge on any atom is -0.481 e. The van der Waals surface area contributed by atoms with Crippen LogP contribution in [0.4, 0.5) is 0 Å². The number of carboxylic acid groups (broad SMARTS) is 1. The highest BCUT2D eigenvalue weighted by atomic mass is 16.4. The van der Waals surface area contributed by atoms with Gasteiger partial charge in [0, 0.05) is 0 Å². The smallest absolute Gasteiger partial charge is 0.309 e. The van der Waals surface area contributed by atoms with E-state index in [0.29, 0.717) is 12.8 Å². The van der Waals surface area contributed by atoms with Crippen molar-refractivity contribution in [1.82, 2.24) is 0 Å². The van der Waals surface area contributed by atoms with Crippen molar-refractivity contribution in [3.05, 3.63) is 42.0 Å². The summed E-state index contributed by atoms with van der Waals surface area (Å²) in [7, 11) is 0. The Bertz CT molecular complexity index is 411. The number of aliphatic carboxylic acids is 1. The van der Waals surface area contributed by atoms with E-state index in [1.54, 1.807) is 26.0 Å². The lowest BCUT2D eigenvalue weighted by Crippen LogP contribution is -2.39. The average Bonchev–Trinajstić information content (AvgIpc) is 2.38. The van der Waals surface area contributed by atoms with Crippen LogP contribution >= 0.6 is 0 Å². The van der Waals surface area contributed by atoms with Gasteiger partial charge in [0.05, 0.1) is 11.5 Å². The molecule has 0 radical (unpaired) electrons. The molecule has 2 atom stereocenters. The van der Waals surface area contributed by atoms with Crippen molar-refractivity contribution in [1.29, 1.82) is 0 Å². The van der Waals surface area contributed by atoms with E-state index in [1.165, 1.54) is 0 Å². The van der Waals surface area contributed by atoms with E-state index in [9.17, 15) is 9.90 Å². The number of rotatable bonds is 6. The van der Waals surface area contributed by atoms with Crippen molar-refractivity contribution < 1.29 is 15.0 Å². The molecule has 2 unspecified atom stereocenters. The third-order valence-electron chi connectivity index (χ3n) is 3.24. The predicted molar refractivity (Wildman–Crippen MR) is 72.1 cm³/mol. The first kappa shape index (κ1) is 14.5. The second-order valence-electron chi connectivity index (χ2n) is 4.39. The molecule has 0 aliphatic carbocycles. The van der Waals surface area contributed by atoms with Crippen LogP contribution in [-0.2, 0) is 4.79 Å². The minimum atomic E-state index is -1.30.